The van der Waals surface area contributed by atoms with Gasteiger partial charge >= 0.3 is 0 Å². The number of unbranched alkanes of at least 4 members (excludes halogenated alkanes) is 2. The van der Waals surface area contributed by atoms with E-state index in [2.05, 4.69) is 24.1 Å². The summed E-state index contributed by atoms with van der Waals surface area (Å²) in [4.78, 5) is 26.0. The molecule has 0 bridgehead atoms. The number of rotatable bonds is 9. The largest absolute Gasteiger partial charge is 0.322 e. The van der Waals surface area contributed by atoms with E-state index >= 15 is 0 Å². The van der Waals surface area contributed by atoms with Crippen LogP contribution in [0.5, 0.6) is 0 Å². The van der Waals surface area contributed by atoms with Gasteiger partial charge in [0.25, 0.3) is 0 Å². The Hall–Kier alpha value is -1.68. The Morgan fingerprint density at radius 2 is 1.67 bits per heavy atom. The number of anilines is 1. The quantitative estimate of drug-likeness (QED) is 0.761. The third kappa shape index (κ3) is 7.04. The first kappa shape index (κ1) is 17.4. The molecule has 4 heteroatoms. The molecule has 21 heavy (non-hydrogen) atoms. The van der Waals surface area contributed by atoms with Gasteiger partial charge < -0.3 is 5.32 Å². The molecule has 0 saturated heterocycles. The van der Waals surface area contributed by atoms with Gasteiger partial charge in [-0.25, -0.2) is 0 Å². The highest BCUT2D eigenvalue weighted by Gasteiger charge is 2.10. The SMILES string of the molecule is CCCCN(CCCC)CC(=O)Nc1cccccc1=O. The van der Waals surface area contributed by atoms with Crippen LogP contribution >= 0.6 is 0 Å². The fraction of sp³-hybridized carbons (Fsp3) is 0.529. The van der Waals surface area contributed by atoms with Gasteiger partial charge in [0.15, 0.2) is 0 Å². The zero-order chi connectivity index (χ0) is 15.5. The first-order chi connectivity index (χ1) is 10.2. The van der Waals surface area contributed by atoms with Crippen molar-refractivity contribution in [1.29, 1.82) is 0 Å². The molecule has 1 amide bonds. The van der Waals surface area contributed by atoms with Gasteiger partial charge in [-0.1, -0.05) is 44.9 Å². The monoisotopic (exact) mass is 290 g/mol. The van der Waals surface area contributed by atoms with Crippen molar-refractivity contribution in [3.05, 3.63) is 40.6 Å². The molecular formula is C17H26N2O2. The first-order valence-electron chi connectivity index (χ1n) is 7.79. The van der Waals surface area contributed by atoms with Crippen molar-refractivity contribution in [3.8, 4) is 0 Å². The van der Waals surface area contributed by atoms with Crippen LogP contribution < -0.4 is 10.7 Å². The van der Waals surface area contributed by atoms with E-state index in [1.807, 2.05) is 0 Å². The molecule has 0 heterocycles. The van der Waals surface area contributed by atoms with Crippen LogP contribution in [0.25, 0.3) is 0 Å². The van der Waals surface area contributed by atoms with E-state index in [0.29, 0.717) is 12.2 Å². The van der Waals surface area contributed by atoms with E-state index in [9.17, 15) is 9.59 Å². The summed E-state index contributed by atoms with van der Waals surface area (Å²) in [6, 6.07) is 8.30. The Morgan fingerprint density at radius 3 is 2.29 bits per heavy atom. The summed E-state index contributed by atoms with van der Waals surface area (Å²) in [5.74, 6) is -0.120. The summed E-state index contributed by atoms with van der Waals surface area (Å²) in [5, 5.41) is 2.72. The zero-order valence-electron chi connectivity index (χ0n) is 13.1. The molecule has 0 aliphatic heterocycles. The minimum atomic E-state index is -0.165. The topological polar surface area (TPSA) is 49.4 Å². The summed E-state index contributed by atoms with van der Waals surface area (Å²) in [7, 11) is 0. The van der Waals surface area contributed by atoms with Crippen molar-refractivity contribution in [2.75, 3.05) is 25.0 Å². The van der Waals surface area contributed by atoms with Crippen molar-refractivity contribution >= 4 is 11.6 Å². The number of nitrogens with zero attached hydrogens (tertiary/aromatic N) is 1. The normalized spacial score (nSPS) is 10.6. The molecule has 1 aromatic carbocycles. The number of nitrogens with one attached hydrogen (secondary N) is 1. The van der Waals surface area contributed by atoms with Crippen LogP contribution in [0.4, 0.5) is 5.69 Å². The zero-order valence-corrected chi connectivity index (χ0v) is 13.1. The van der Waals surface area contributed by atoms with Crippen molar-refractivity contribution in [3.63, 3.8) is 0 Å². The smallest absolute Gasteiger partial charge is 0.238 e. The van der Waals surface area contributed by atoms with Crippen LogP contribution in [0.1, 0.15) is 39.5 Å². The van der Waals surface area contributed by atoms with Crippen LogP contribution in [0.2, 0.25) is 0 Å². The maximum Gasteiger partial charge on any atom is 0.238 e. The molecule has 0 aliphatic rings. The average molecular weight is 290 g/mol. The highest BCUT2D eigenvalue weighted by molar-refractivity contribution is 5.92. The van der Waals surface area contributed by atoms with Gasteiger partial charge in [0, 0.05) is 0 Å². The maximum atomic E-state index is 12.1. The van der Waals surface area contributed by atoms with Gasteiger partial charge in [0.2, 0.25) is 11.3 Å². The maximum absolute atomic E-state index is 12.1. The molecule has 0 aromatic heterocycles. The van der Waals surface area contributed by atoms with Gasteiger partial charge in [-0.3, -0.25) is 14.5 Å². The minimum Gasteiger partial charge on any atom is -0.322 e. The molecule has 0 atom stereocenters. The lowest BCUT2D eigenvalue weighted by Crippen LogP contribution is -2.35. The van der Waals surface area contributed by atoms with Crippen molar-refractivity contribution < 1.29 is 4.79 Å². The van der Waals surface area contributed by atoms with Gasteiger partial charge in [-0.15, -0.1) is 0 Å². The summed E-state index contributed by atoms with van der Waals surface area (Å²) in [6.07, 6.45) is 4.40. The number of hydrogen-bond donors (Lipinski definition) is 1. The van der Waals surface area contributed by atoms with Crippen molar-refractivity contribution in [2.24, 2.45) is 0 Å². The molecule has 0 spiro atoms. The second-order valence-corrected chi connectivity index (χ2v) is 5.22. The van der Waals surface area contributed by atoms with E-state index in [0.717, 1.165) is 38.8 Å². The van der Waals surface area contributed by atoms with E-state index in [4.69, 9.17) is 0 Å². The summed E-state index contributed by atoms with van der Waals surface area (Å²) >= 11 is 0. The van der Waals surface area contributed by atoms with E-state index < -0.39 is 0 Å². The van der Waals surface area contributed by atoms with Crippen molar-refractivity contribution in [1.82, 2.24) is 4.90 Å². The summed E-state index contributed by atoms with van der Waals surface area (Å²) in [6.45, 7) is 6.49. The Kier molecular flexibility index (Phi) is 8.36. The third-order valence-corrected chi connectivity index (χ3v) is 3.30. The van der Waals surface area contributed by atoms with Crippen LogP contribution in [0.3, 0.4) is 0 Å². The van der Waals surface area contributed by atoms with E-state index in [-0.39, 0.29) is 11.3 Å². The minimum absolute atomic E-state index is 0.120. The number of amides is 1. The fourth-order valence-electron chi connectivity index (χ4n) is 2.06. The van der Waals surface area contributed by atoms with Gasteiger partial charge in [-0.2, -0.15) is 0 Å². The number of hydrogen-bond acceptors (Lipinski definition) is 3. The van der Waals surface area contributed by atoms with Crippen LogP contribution in [-0.2, 0) is 4.79 Å². The van der Waals surface area contributed by atoms with Gasteiger partial charge in [0.05, 0.1) is 12.2 Å². The highest BCUT2D eigenvalue weighted by atomic mass is 16.2. The van der Waals surface area contributed by atoms with Crippen LogP contribution in [0.15, 0.2) is 35.1 Å². The molecule has 0 saturated carbocycles. The third-order valence-electron chi connectivity index (χ3n) is 3.30. The Morgan fingerprint density at radius 1 is 1.05 bits per heavy atom. The Balaban J connectivity index is 2.60. The Bertz CT molecular complexity index is 480. The van der Waals surface area contributed by atoms with Crippen molar-refractivity contribution in [2.45, 2.75) is 39.5 Å². The molecule has 1 aromatic rings. The molecule has 0 fully saturated rings. The Labute approximate surface area is 127 Å². The van der Waals surface area contributed by atoms with Crippen LogP contribution in [0, 0.1) is 0 Å². The molecule has 0 unspecified atom stereocenters. The van der Waals surface area contributed by atoms with Gasteiger partial charge in [-0.05, 0) is 38.1 Å². The molecule has 116 valence electrons. The first-order valence-corrected chi connectivity index (χ1v) is 7.79. The summed E-state index contributed by atoms with van der Waals surface area (Å²) < 4.78 is 0. The van der Waals surface area contributed by atoms with E-state index in [1.54, 1.807) is 24.3 Å². The molecule has 1 rings (SSSR count). The second kappa shape index (κ2) is 10.1. The lowest BCUT2D eigenvalue weighted by Gasteiger charge is -2.21. The molecule has 0 radical (unpaired) electrons. The molecular weight excluding hydrogens is 264 g/mol. The predicted molar refractivity (Wildman–Crippen MR) is 87.6 cm³/mol. The molecule has 4 nitrogen and oxygen atoms in total. The molecule has 0 aliphatic carbocycles. The second-order valence-electron chi connectivity index (χ2n) is 5.22. The van der Waals surface area contributed by atoms with Crippen LogP contribution in [-0.4, -0.2) is 30.4 Å². The lowest BCUT2D eigenvalue weighted by molar-refractivity contribution is -0.117. The summed E-state index contributed by atoms with van der Waals surface area (Å²) in [5.41, 5.74) is 0.179. The predicted octanol–water partition coefficient (Wildman–Crippen LogP) is 2.89. The number of carbonyl (C=O) groups excluding carboxylic acids is 1. The lowest BCUT2D eigenvalue weighted by atomic mass is 10.2. The average Bonchev–Trinajstić information content (AvgIpc) is 2.67. The van der Waals surface area contributed by atoms with Gasteiger partial charge in [0.1, 0.15) is 0 Å². The van der Waals surface area contributed by atoms with E-state index in [1.165, 1.54) is 6.07 Å². The standard InChI is InChI=1S/C17H26N2O2/c1-3-5-12-19(13-6-4-2)14-17(21)18-15-10-8-7-9-11-16(15)20/h7-11H,3-6,12-14H2,1-2H3,(H,18,20,21). The highest BCUT2D eigenvalue weighted by Crippen LogP contribution is 2.01. The molecule has 1 N–H and O–H groups in total. The number of carbonyl (C=O) groups is 1. The fourth-order valence-corrected chi connectivity index (χ4v) is 2.06.